The third-order valence-corrected chi connectivity index (χ3v) is 6.14. The highest BCUT2D eigenvalue weighted by Crippen LogP contribution is 2.50. The summed E-state index contributed by atoms with van der Waals surface area (Å²) < 4.78 is 30.5. The van der Waals surface area contributed by atoms with Crippen LogP contribution < -0.4 is 9.05 Å². The van der Waals surface area contributed by atoms with Crippen LogP contribution in [0.3, 0.4) is 0 Å². The third kappa shape index (κ3) is 6.73. The van der Waals surface area contributed by atoms with Gasteiger partial charge in [0.25, 0.3) is 0 Å². The quantitative estimate of drug-likeness (QED) is 0.200. The molecule has 168 valence electrons. The van der Waals surface area contributed by atoms with Crippen LogP contribution in [0, 0.1) is 0 Å². The van der Waals surface area contributed by atoms with Crippen LogP contribution in [0.15, 0.2) is 95.8 Å². The molecule has 32 heavy (non-hydrogen) atoms. The topological polar surface area (TPSA) is 51.1 Å². The molecule has 0 unspecified atom stereocenters. The molecule has 5 nitrogen and oxygen atoms in total. The molecular formula is C26H31N2O3P. The summed E-state index contributed by atoms with van der Waals surface area (Å²) in [6, 6.07) is 28.4. The van der Waals surface area contributed by atoms with Crippen LogP contribution in [0.4, 0.5) is 0 Å². The summed E-state index contributed by atoms with van der Waals surface area (Å²) in [7, 11) is -3.94. The van der Waals surface area contributed by atoms with Crippen LogP contribution in [0.1, 0.15) is 33.3 Å². The van der Waals surface area contributed by atoms with Gasteiger partial charge in [-0.3, -0.25) is 0 Å². The van der Waals surface area contributed by atoms with Crippen molar-refractivity contribution in [1.29, 1.82) is 0 Å². The van der Waals surface area contributed by atoms with E-state index in [1.807, 2.05) is 66.7 Å². The molecule has 0 aliphatic heterocycles. The highest BCUT2D eigenvalue weighted by Gasteiger charge is 2.32. The molecule has 0 spiro atoms. The lowest BCUT2D eigenvalue weighted by molar-refractivity contribution is 0.287. The van der Waals surface area contributed by atoms with Crippen LogP contribution in [-0.2, 0) is 11.0 Å². The maximum atomic E-state index is 14.0. The van der Waals surface area contributed by atoms with Crippen molar-refractivity contribution in [3.63, 3.8) is 0 Å². The lowest BCUT2D eigenvalue weighted by Crippen LogP contribution is -2.43. The molecule has 3 rings (SSSR count). The fourth-order valence-electron chi connectivity index (χ4n) is 3.58. The highest BCUT2D eigenvalue weighted by molar-refractivity contribution is 7.53. The molecule has 3 aromatic carbocycles. The van der Waals surface area contributed by atoms with E-state index in [0.717, 1.165) is 5.56 Å². The average molecular weight is 451 g/mol. The van der Waals surface area contributed by atoms with Gasteiger partial charge in [-0.15, -0.1) is 4.76 Å². The summed E-state index contributed by atoms with van der Waals surface area (Å²) in [5.74, 6) is 1.54. The fraction of sp³-hybridized carbons (Fsp3) is 0.269. The average Bonchev–Trinajstić information content (AvgIpc) is 2.75. The number of hydrogen-bond donors (Lipinski definition) is 0. The lowest BCUT2D eigenvalue weighted by Gasteiger charge is -2.34. The minimum atomic E-state index is -3.94. The second-order valence-corrected chi connectivity index (χ2v) is 9.55. The van der Waals surface area contributed by atoms with Crippen LogP contribution >= 0.6 is 7.75 Å². The monoisotopic (exact) mass is 450 g/mol. The number of benzene rings is 3. The van der Waals surface area contributed by atoms with Gasteiger partial charge < -0.3 is 13.9 Å². The van der Waals surface area contributed by atoms with E-state index in [-0.39, 0.29) is 12.1 Å². The van der Waals surface area contributed by atoms with Crippen LogP contribution in [-0.4, -0.2) is 22.8 Å². The summed E-state index contributed by atoms with van der Waals surface area (Å²) in [5.41, 5.74) is 1.07. The number of hydrogen-bond acceptors (Lipinski definition) is 3. The summed E-state index contributed by atoms with van der Waals surface area (Å²) in [6.07, 6.45) is 0.511. The van der Waals surface area contributed by atoms with Gasteiger partial charge in [-0.05, 0) is 57.5 Å². The van der Waals surface area contributed by atoms with Gasteiger partial charge in [-0.1, -0.05) is 66.7 Å². The Bertz CT molecular complexity index is 985. The van der Waals surface area contributed by atoms with E-state index in [9.17, 15) is 4.57 Å². The molecule has 0 aromatic heterocycles. The van der Waals surface area contributed by atoms with E-state index in [2.05, 4.69) is 32.6 Å². The molecule has 0 N–H and O–H groups in total. The predicted octanol–water partition coefficient (Wildman–Crippen LogP) is 7.01. The van der Waals surface area contributed by atoms with Crippen LogP contribution in [0.5, 0.6) is 11.5 Å². The number of rotatable bonds is 9. The van der Waals surface area contributed by atoms with Crippen molar-refractivity contribution in [2.24, 2.45) is 4.76 Å². The molecule has 0 bridgehead atoms. The van der Waals surface area contributed by atoms with E-state index >= 15 is 0 Å². The van der Waals surface area contributed by atoms with Gasteiger partial charge in [0, 0.05) is 18.5 Å². The lowest BCUT2D eigenvalue weighted by atomic mass is 10.1. The molecule has 0 aliphatic rings. The van der Waals surface area contributed by atoms with Crippen molar-refractivity contribution in [2.45, 2.75) is 46.2 Å². The van der Waals surface area contributed by atoms with Crippen molar-refractivity contribution in [1.82, 2.24) is 4.90 Å². The highest BCUT2D eigenvalue weighted by atomic mass is 31.2. The molecule has 0 radical (unpaired) electrons. The van der Waals surface area contributed by atoms with Crippen molar-refractivity contribution in [2.75, 3.05) is 0 Å². The molecule has 0 amide bonds. The minimum Gasteiger partial charge on any atom is -0.399 e. The first-order valence-corrected chi connectivity index (χ1v) is 12.4. The van der Waals surface area contributed by atoms with Crippen molar-refractivity contribution in [3.8, 4) is 11.5 Å². The van der Waals surface area contributed by atoms with E-state index in [1.54, 1.807) is 24.3 Å². The van der Waals surface area contributed by atoms with E-state index in [4.69, 9.17) is 13.8 Å². The molecule has 3 aromatic rings. The van der Waals surface area contributed by atoms with E-state index in [1.165, 1.54) is 0 Å². The molecule has 0 heterocycles. The first-order chi connectivity index (χ1) is 15.4. The summed E-state index contributed by atoms with van der Waals surface area (Å²) in [5, 5.41) is 0. The molecule has 0 saturated heterocycles. The van der Waals surface area contributed by atoms with Crippen LogP contribution in [0.2, 0.25) is 0 Å². The Hall–Kier alpha value is -3.04. The van der Waals surface area contributed by atoms with E-state index in [0.29, 0.717) is 23.8 Å². The SMILES string of the molecule is CC(C)N(/C(Cc1ccccc1)=N\P(=O)(Oc1ccccc1)Oc1ccccc1)C(C)C. The van der Waals surface area contributed by atoms with Gasteiger partial charge in [-0.2, -0.15) is 0 Å². The number of amidine groups is 1. The van der Waals surface area contributed by atoms with Crippen LogP contribution in [0.25, 0.3) is 0 Å². The van der Waals surface area contributed by atoms with Crippen molar-refractivity contribution in [3.05, 3.63) is 96.6 Å². The zero-order valence-electron chi connectivity index (χ0n) is 19.1. The van der Waals surface area contributed by atoms with Gasteiger partial charge >= 0.3 is 7.75 Å². The molecule has 6 heteroatoms. The van der Waals surface area contributed by atoms with Crippen molar-refractivity contribution < 1.29 is 13.6 Å². The number of nitrogens with zero attached hydrogens (tertiary/aromatic N) is 2. The van der Waals surface area contributed by atoms with E-state index < -0.39 is 7.75 Å². The predicted molar refractivity (Wildman–Crippen MR) is 131 cm³/mol. The fourth-order valence-corrected chi connectivity index (χ4v) is 4.93. The largest absolute Gasteiger partial charge is 0.564 e. The summed E-state index contributed by atoms with van der Waals surface area (Å²) in [4.78, 5) is 2.16. The molecule has 0 fully saturated rings. The van der Waals surface area contributed by atoms with Gasteiger partial charge in [0.1, 0.15) is 17.3 Å². The molecule has 0 saturated carbocycles. The molecule has 0 aliphatic carbocycles. The minimum absolute atomic E-state index is 0.152. The Morgan fingerprint density at radius 2 is 1.16 bits per heavy atom. The Labute approximate surface area is 191 Å². The van der Waals surface area contributed by atoms with Gasteiger partial charge in [0.2, 0.25) is 0 Å². The maximum absolute atomic E-state index is 14.0. The Kier molecular flexibility index (Phi) is 8.13. The Morgan fingerprint density at radius 1 is 0.750 bits per heavy atom. The molecular weight excluding hydrogens is 419 g/mol. The van der Waals surface area contributed by atoms with Gasteiger partial charge in [-0.25, -0.2) is 4.57 Å². The summed E-state index contributed by atoms with van der Waals surface area (Å²) >= 11 is 0. The smallest absolute Gasteiger partial charge is 0.399 e. The first-order valence-electron chi connectivity index (χ1n) is 10.9. The first kappa shape index (κ1) is 23.6. The maximum Gasteiger partial charge on any atom is 0.564 e. The number of para-hydroxylation sites is 2. The zero-order chi connectivity index (χ0) is 23.0. The Balaban J connectivity index is 2.07. The zero-order valence-corrected chi connectivity index (χ0v) is 20.0. The van der Waals surface area contributed by atoms with Gasteiger partial charge in [0.05, 0.1) is 0 Å². The summed E-state index contributed by atoms with van der Waals surface area (Å²) in [6.45, 7) is 8.40. The second-order valence-electron chi connectivity index (χ2n) is 8.05. The molecule has 0 atom stereocenters. The normalized spacial score (nSPS) is 12.1. The second kappa shape index (κ2) is 11.0. The van der Waals surface area contributed by atoms with Gasteiger partial charge in [0.15, 0.2) is 0 Å². The van der Waals surface area contributed by atoms with Crippen molar-refractivity contribution >= 4 is 13.6 Å². The third-order valence-electron chi connectivity index (χ3n) is 4.78. The Morgan fingerprint density at radius 3 is 1.56 bits per heavy atom. The standard InChI is InChI=1S/C26H31N2O3P/c1-21(2)28(22(3)4)26(20-23-14-8-5-9-15-23)27-32(29,30-24-16-10-6-11-17-24)31-25-18-12-7-13-19-25/h5-19,21-22H,20H2,1-4H3/b27-26-.